The van der Waals surface area contributed by atoms with Crippen LogP contribution >= 0.6 is 0 Å². The van der Waals surface area contributed by atoms with Crippen LogP contribution in [0.15, 0.2) is 63.8 Å². The molecule has 0 N–H and O–H groups in total. The Morgan fingerprint density at radius 3 is 2.21 bits per heavy atom. The summed E-state index contributed by atoms with van der Waals surface area (Å²) in [5.41, 5.74) is 1.38. The summed E-state index contributed by atoms with van der Waals surface area (Å²) < 4.78 is 10.5. The van der Waals surface area contributed by atoms with Crippen LogP contribution in [0.1, 0.15) is 0 Å². The van der Waals surface area contributed by atoms with E-state index >= 15 is 0 Å². The lowest BCUT2D eigenvalue weighted by molar-refractivity contribution is 0.291. The van der Waals surface area contributed by atoms with Gasteiger partial charge in [0.15, 0.2) is 0 Å². The second-order valence-electron chi connectivity index (χ2n) is 4.17. The standard InChI is InChI=1S/C16H12O3/c1-18-16-14(11-7-3-2-4-8-11)12-9-5-6-10-13(12)15(17)19-16/h2-10H,1H3. The number of hydrogen-bond donors (Lipinski definition) is 0. The molecule has 0 saturated heterocycles. The highest BCUT2D eigenvalue weighted by molar-refractivity contribution is 5.97. The van der Waals surface area contributed by atoms with Crippen molar-refractivity contribution in [2.24, 2.45) is 0 Å². The molecule has 0 saturated carbocycles. The minimum Gasteiger partial charge on any atom is -0.468 e. The van der Waals surface area contributed by atoms with E-state index in [-0.39, 0.29) is 11.6 Å². The molecule has 0 unspecified atom stereocenters. The molecule has 0 aliphatic heterocycles. The zero-order chi connectivity index (χ0) is 13.2. The molecule has 0 radical (unpaired) electrons. The van der Waals surface area contributed by atoms with Gasteiger partial charge in [-0.1, -0.05) is 48.5 Å². The molecular weight excluding hydrogens is 240 g/mol. The first-order valence-corrected chi connectivity index (χ1v) is 5.96. The van der Waals surface area contributed by atoms with E-state index in [4.69, 9.17) is 9.15 Å². The van der Waals surface area contributed by atoms with Gasteiger partial charge in [0.1, 0.15) is 0 Å². The summed E-state index contributed by atoms with van der Waals surface area (Å²) in [5.74, 6) is 0.245. The van der Waals surface area contributed by atoms with Crippen molar-refractivity contribution in [3.8, 4) is 17.1 Å². The predicted octanol–water partition coefficient (Wildman–Crippen LogP) is 3.47. The maximum atomic E-state index is 11.9. The molecule has 0 aliphatic carbocycles. The number of methoxy groups -OCH3 is 1. The Hall–Kier alpha value is -2.55. The van der Waals surface area contributed by atoms with Crippen LogP contribution in [0.25, 0.3) is 21.9 Å². The largest absolute Gasteiger partial charge is 0.468 e. The molecular formula is C16H12O3. The minimum atomic E-state index is -0.382. The molecule has 0 amide bonds. The van der Waals surface area contributed by atoms with Gasteiger partial charge in [0.05, 0.1) is 18.1 Å². The topological polar surface area (TPSA) is 39.4 Å². The highest BCUT2D eigenvalue weighted by Crippen LogP contribution is 2.34. The van der Waals surface area contributed by atoms with E-state index in [1.807, 2.05) is 48.5 Å². The summed E-state index contributed by atoms with van der Waals surface area (Å²) in [6.07, 6.45) is 0. The van der Waals surface area contributed by atoms with Gasteiger partial charge in [-0.3, -0.25) is 0 Å². The lowest BCUT2D eigenvalue weighted by Gasteiger charge is -2.09. The molecule has 3 rings (SSSR count). The van der Waals surface area contributed by atoms with Gasteiger partial charge < -0.3 is 9.15 Å². The Labute approximate surface area is 110 Å². The third-order valence-corrected chi connectivity index (χ3v) is 3.05. The fourth-order valence-electron chi connectivity index (χ4n) is 2.20. The van der Waals surface area contributed by atoms with Crippen molar-refractivity contribution >= 4 is 10.8 Å². The molecule has 3 nitrogen and oxygen atoms in total. The molecule has 0 fully saturated rings. The van der Waals surface area contributed by atoms with E-state index in [9.17, 15) is 4.79 Å². The second-order valence-corrected chi connectivity index (χ2v) is 4.17. The van der Waals surface area contributed by atoms with Gasteiger partial charge >= 0.3 is 5.63 Å². The fraction of sp³-hybridized carbons (Fsp3) is 0.0625. The van der Waals surface area contributed by atoms with E-state index in [1.54, 1.807) is 6.07 Å². The zero-order valence-electron chi connectivity index (χ0n) is 10.4. The van der Waals surface area contributed by atoms with Crippen molar-refractivity contribution in [1.29, 1.82) is 0 Å². The van der Waals surface area contributed by atoms with Crippen LogP contribution in [-0.2, 0) is 0 Å². The van der Waals surface area contributed by atoms with Gasteiger partial charge in [-0.2, -0.15) is 0 Å². The van der Waals surface area contributed by atoms with Crippen LogP contribution in [0, 0.1) is 0 Å². The lowest BCUT2D eigenvalue weighted by Crippen LogP contribution is -2.03. The molecule has 0 atom stereocenters. The average Bonchev–Trinajstić information content (AvgIpc) is 2.48. The summed E-state index contributed by atoms with van der Waals surface area (Å²) >= 11 is 0. The van der Waals surface area contributed by atoms with Crippen LogP contribution in [-0.4, -0.2) is 7.11 Å². The van der Waals surface area contributed by atoms with Crippen molar-refractivity contribution in [2.45, 2.75) is 0 Å². The third-order valence-electron chi connectivity index (χ3n) is 3.05. The molecule has 0 bridgehead atoms. The summed E-state index contributed by atoms with van der Waals surface area (Å²) in [4.78, 5) is 11.9. The maximum Gasteiger partial charge on any atom is 0.346 e. The molecule has 1 aromatic heterocycles. The number of rotatable bonds is 2. The minimum absolute atomic E-state index is 0.245. The monoisotopic (exact) mass is 252 g/mol. The van der Waals surface area contributed by atoms with Crippen LogP contribution in [0.4, 0.5) is 0 Å². The van der Waals surface area contributed by atoms with Crippen LogP contribution in [0.2, 0.25) is 0 Å². The smallest absolute Gasteiger partial charge is 0.346 e. The van der Waals surface area contributed by atoms with Crippen molar-refractivity contribution < 1.29 is 9.15 Å². The van der Waals surface area contributed by atoms with Crippen molar-refractivity contribution in [3.63, 3.8) is 0 Å². The normalized spacial score (nSPS) is 10.6. The molecule has 3 aromatic rings. The molecule has 0 aliphatic rings. The number of fused-ring (bicyclic) bond motifs is 1. The van der Waals surface area contributed by atoms with Gasteiger partial charge in [0.25, 0.3) is 5.95 Å². The molecule has 94 valence electrons. The third kappa shape index (κ3) is 1.89. The molecule has 2 aromatic carbocycles. The highest BCUT2D eigenvalue weighted by atomic mass is 16.6. The maximum absolute atomic E-state index is 11.9. The Morgan fingerprint density at radius 2 is 1.53 bits per heavy atom. The van der Waals surface area contributed by atoms with E-state index in [0.29, 0.717) is 5.39 Å². The molecule has 3 heteroatoms. The van der Waals surface area contributed by atoms with Crippen LogP contribution in [0.5, 0.6) is 5.95 Å². The van der Waals surface area contributed by atoms with Crippen molar-refractivity contribution in [1.82, 2.24) is 0 Å². The van der Waals surface area contributed by atoms with Gasteiger partial charge in [0.2, 0.25) is 0 Å². The van der Waals surface area contributed by atoms with E-state index in [0.717, 1.165) is 16.5 Å². The summed E-state index contributed by atoms with van der Waals surface area (Å²) in [6.45, 7) is 0. The number of hydrogen-bond acceptors (Lipinski definition) is 3. The molecule has 0 spiro atoms. The summed E-state index contributed by atoms with van der Waals surface area (Å²) in [7, 11) is 1.50. The van der Waals surface area contributed by atoms with Crippen molar-refractivity contribution in [3.05, 3.63) is 65.0 Å². The van der Waals surface area contributed by atoms with Gasteiger partial charge in [-0.15, -0.1) is 0 Å². The van der Waals surface area contributed by atoms with Gasteiger partial charge in [0, 0.05) is 5.39 Å². The van der Waals surface area contributed by atoms with E-state index < -0.39 is 0 Å². The Morgan fingerprint density at radius 1 is 0.895 bits per heavy atom. The zero-order valence-corrected chi connectivity index (χ0v) is 10.4. The average molecular weight is 252 g/mol. The van der Waals surface area contributed by atoms with Crippen LogP contribution < -0.4 is 10.4 Å². The van der Waals surface area contributed by atoms with Crippen molar-refractivity contribution in [2.75, 3.05) is 7.11 Å². The SMILES string of the molecule is COc1oc(=O)c2ccccc2c1-c1ccccc1. The summed E-state index contributed by atoms with van der Waals surface area (Å²) in [5, 5.41) is 1.39. The molecule has 19 heavy (non-hydrogen) atoms. The van der Waals surface area contributed by atoms with E-state index in [2.05, 4.69) is 0 Å². The summed E-state index contributed by atoms with van der Waals surface area (Å²) in [6, 6.07) is 17.1. The van der Waals surface area contributed by atoms with Crippen LogP contribution in [0.3, 0.4) is 0 Å². The first-order valence-electron chi connectivity index (χ1n) is 5.96. The lowest BCUT2D eigenvalue weighted by atomic mass is 10.0. The molecule has 1 heterocycles. The van der Waals surface area contributed by atoms with Gasteiger partial charge in [-0.25, -0.2) is 4.79 Å². The van der Waals surface area contributed by atoms with E-state index in [1.165, 1.54) is 7.11 Å². The second kappa shape index (κ2) is 4.61. The highest BCUT2D eigenvalue weighted by Gasteiger charge is 2.15. The first-order chi connectivity index (χ1) is 9.31. The Bertz CT molecular complexity index is 773. The van der Waals surface area contributed by atoms with Gasteiger partial charge in [-0.05, 0) is 11.6 Å². The fourth-order valence-corrected chi connectivity index (χ4v) is 2.20. The number of ether oxygens (including phenoxy) is 1. The quantitative estimate of drug-likeness (QED) is 0.701. The number of benzene rings is 2. The predicted molar refractivity (Wildman–Crippen MR) is 74.5 cm³/mol. The Balaban J connectivity index is 2.46. The Kier molecular flexibility index (Phi) is 2.80. The first kappa shape index (κ1) is 11.5.